The molecule has 21 heavy (non-hydrogen) atoms. The molecule has 1 aromatic heterocycles. The molecule has 5 heteroatoms. The Labute approximate surface area is 133 Å². The van der Waals surface area contributed by atoms with Crippen molar-refractivity contribution in [2.24, 2.45) is 0 Å². The monoisotopic (exact) mass is 349 g/mol. The number of nitrogens with one attached hydrogen (secondary N) is 1. The van der Waals surface area contributed by atoms with Crippen LogP contribution in [0.15, 0.2) is 33.3 Å². The van der Waals surface area contributed by atoms with Crippen LogP contribution in [0.1, 0.15) is 44.4 Å². The largest absolute Gasteiger partial charge is 0.339 e. The zero-order valence-electron chi connectivity index (χ0n) is 12.2. The number of nitrogens with zero attached hydrogens (tertiary/aromatic N) is 2. The Morgan fingerprint density at radius 1 is 1.29 bits per heavy atom. The van der Waals surface area contributed by atoms with Gasteiger partial charge in [0, 0.05) is 22.0 Å². The number of aromatic nitrogens is 2. The molecule has 0 radical (unpaired) electrons. The first kappa shape index (κ1) is 14.7. The maximum atomic E-state index is 5.50. The van der Waals surface area contributed by atoms with Crippen molar-refractivity contribution < 1.29 is 4.52 Å². The molecule has 1 fully saturated rings. The van der Waals surface area contributed by atoms with E-state index in [0.29, 0.717) is 17.8 Å². The van der Waals surface area contributed by atoms with E-state index in [9.17, 15) is 0 Å². The zero-order valence-corrected chi connectivity index (χ0v) is 13.8. The third-order valence-electron chi connectivity index (χ3n) is 4.09. The summed E-state index contributed by atoms with van der Waals surface area (Å²) in [6, 6.07) is 8.64. The second kappa shape index (κ2) is 6.71. The minimum atomic E-state index is 0.410. The van der Waals surface area contributed by atoms with Crippen molar-refractivity contribution in [3.8, 4) is 11.4 Å². The van der Waals surface area contributed by atoms with E-state index in [2.05, 4.69) is 38.3 Å². The van der Waals surface area contributed by atoms with E-state index in [4.69, 9.17) is 4.52 Å². The Hall–Kier alpha value is -1.20. The predicted molar refractivity (Wildman–Crippen MR) is 86.1 cm³/mol. The summed E-state index contributed by atoms with van der Waals surface area (Å²) in [5.74, 6) is 1.88. The number of hydrogen-bond acceptors (Lipinski definition) is 4. The predicted octanol–water partition coefficient (Wildman–Crippen LogP) is 4.13. The average molecular weight is 350 g/mol. The molecule has 0 bridgehead atoms. The molecule has 0 unspecified atom stereocenters. The van der Waals surface area contributed by atoms with Crippen LogP contribution in [-0.2, 0) is 0 Å². The van der Waals surface area contributed by atoms with Gasteiger partial charge in [-0.3, -0.25) is 0 Å². The third-order valence-corrected chi connectivity index (χ3v) is 4.59. The molecule has 112 valence electrons. The van der Waals surface area contributed by atoms with Gasteiger partial charge in [-0.15, -0.1) is 0 Å². The Morgan fingerprint density at radius 3 is 2.81 bits per heavy atom. The molecule has 1 aromatic carbocycles. The summed E-state index contributed by atoms with van der Waals surface area (Å²) in [7, 11) is 0. The molecule has 0 atom stereocenters. The van der Waals surface area contributed by atoms with Crippen LogP contribution in [-0.4, -0.2) is 22.7 Å². The first-order valence-electron chi connectivity index (χ1n) is 7.59. The van der Waals surface area contributed by atoms with E-state index in [-0.39, 0.29) is 0 Å². The molecule has 3 rings (SSSR count). The van der Waals surface area contributed by atoms with Gasteiger partial charge in [0.05, 0.1) is 0 Å². The lowest BCUT2D eigenvalue weighted by molar-refractivity contribution is 0.285. The molecule has 0 aliphatic heterocycles. The summed E-state index contributed by atoms with van der Waals surface area (Å²) < 4.78 is 6.52. The van der Waals surface area contributed by atoms with E-state index >= 15 is 0 Å². The van der Waals surface area contributed by atoms with Gasteiger partial charge < -0.3 is 9.84 Å². The first-order chi connectivity index (χ1) is 10.3. The lowest BCUT2D eigenvalue weighted by atomic mass is 9.86. The molecule has 1 N–H and O–H groups in total. The number of benzene rings is 1. The smallest absolute Gasteiger partial charge is 0.230 e. The molecule has 1 heterocycles. The quantitative estimate of drug-likeness (QED) is 0.901. The summed E-state index contributed by atoms with van der Waals surface area (Å²) >= 11 is 3.47. The zero-order chi connectivity index (χ0) is 14.7. The average Bonchev–Trinajstić information content (AvgIpc) is 2.98. The van der Waals surface area contributed by atoms with Crippen LogP contribution in [0.25, 0.3) is 11.4 Å². The van der Waals surface area contributed by atoms with Gasteiger partial charge in [0.2, 0.25) is 11.7 Å². The van der Waals surface area contributed by atoms with Crippen LogP contribution in [0.5, 0.6) is 0 Å². The molecule has 0 saturated heterocycles. The van der Waals surface area contributed by atoms with E-state index in [0.717, 1.165) is 35.3 Å². The van der Waals surface area contributed by atoms with Crippen LogP contribution in [0.2, 0.25) is 0 Å². The molecule has 2 aromatic rings. The third kappa shape index (κ3) is 3.52. The highest BCUT2D eigenvalue weighted by atomic mass is 79.9. The second-order valence-electron chi connectivity index (χ2n) is 5.57. The molecular formula is C16H20BrN3O. The van der Waals surface area contributed by atoms with Crippen molar-refractivity contribution in [2.75, 3.05) is 6.54 Å². The molecule has 1 aliphatic carbocycles. The molecule has 1 aliphatic rings. The fourth-order valence-corrected chi connectivity index (χ4v) is 3.38. The van der Waals surface area contributed by atoms with Crippen molar-refractivity contribution in [1.82, 2.24) is 15.5 Å². The lowest BCUT2D eigenvalue weighted by Gasteiger charge is -2.26. The molecule has 4 nitrogen and oxygen atoms in total. The summed E-state index contributed by atoms with van der Waals surface area (Å²) in [6.07, 6.45) is 4.62. The highest BCUT2D eigenvalue weighted by molar-refractivity contribution is 9.10. The van der Waals surface area contributed by atoms with Crippen molar-refractivity contribution in [2.45, 2.75) is 44.6 Å². The molecular weight excluding hydrogens is 330 g/mol. The van der Waals surface area contributed by atoms with Crippen molar-refractivity contribution in [3.63, 3.8) is 0 Å². The van der Waals surface area contributed by atoms with E-state index in [1.54, 1.807) is 0 Å². The van der Waals surface area contributed by atoms with Crippen molar-refractivity contribution >= 4 is 15.9 Å². The van der Waals surface area contributed by atoms with Crippen molar-refractivity contribution in [3.05, 3.63) is 34.6 Å². The standard InChI is InChI=1S/C16H20BrN3O/c1-2-18-14-8-6-11(7-9-14)16-19-15(20-21-16)12-4-3-5-13(17)10-12/h3-5,10-11,14,18H,2,6-9H2,1H3. The Bertz CT molecular complexity index is 591. The summed E-state index contributed by atoms with van der Waals surface area (Å²) in [5.41, 5.74) is 0.987. The number of halogens is 1. The van der Waals surface area contributed by atoms with E-state index in [1.807, 2.05) is 24.3 Å². The number of rotatable bonds is 4. The summed E-state index contributed by atoms with van der Waals surface area (Å²) in [5, 5.41) is 7.66. The highest BCUT2D eigenvalue weighted by Crippen LogP contribution is 2.33. The molecule has 1 saturated carbocycles. The molecule has 0 spiro atoms. The molecule has 0 amide bonds. The van der Waals surface area contributed by atoms with Gasteiger partial charge in [-0.1, -0.05) is 40.1 Å². The summed E-state index contributed by atoms with van der Waals surface area (Å²) in [6.45, 7) is 3.21. The second-order valence-corrected chi connectivity index (χ2v) is 6.49. The lowest BCUT2D eigenvalue weighted by Crippen LogP contribution is -2.32. The van der Waals surface area contributed by atoms with Gasteiger partial charge in [0.25, 0.3) is 0 Å². The topological polar surface area (TPSA) is 51.0 Å². The Kier molecular flexibility index (Phi) is 4.70. The first-order valence-corrected chi connectivity index (χ1v) is 8.38. The Morgan fingerprint density at radius 2 is 2.10 bits per heavy atom. The van der Waals surface area contributed by atoms with E-state index in [1.165, 1.54) is 12.8 Å². The van der Waals surface area contributed by atoms with Gasteiger partial charge >= 0.3 is 0 Å². The Balaban J connectivity index is 1.68. The van der Waals surface area contributed by atoms with Crippen LogP contribution in [0, 0.1) is 0 Å². The SMILES string of the molecule is CCNC1CCC(c2nc(-c3cccc(Br)c3)no2)CC1. The van der Waals surface area contributed by atoms with Crippen LogP contribution < -0.4 is 5.32 Å². The van der Waals surface area contributed by atoms with Gasteiger partial charge in [-0.2, -0.15) is 4.98 Å². The normalized spacial score (nSPS) is 22.4. The van der Waals surface area contributed by atoms with Gasteiger partial charge in [-0.05, 0) is 44.4 Å². The van der Waals surface area contributed by atoms with Gasteiger partial charge in [0.1, 0.15) is 0 Å². The maximum absolute atomic E-state index is 5.50. The minimum absolute atomic E-state index is 0.410. The van der Waals surface area contributed by atoms with Crippen LogP contribution >= 0.6 is 15.9 Å². The van der Waals surface area contributed by atoms with Crippen molar-refractivity contribution in [1.29, 1.82) is 0 Å². The van der Waals surface area contributed by atoms with Crippen LogP contribution in [0.4, 0.5) is 0 Å². The van der Waals surface area contributed by atoms with Crippen LogP contribution in [0.3, 0.4) is 0 Å². The fraction of sp³-hybridized carbons (Fsp3) is 0.500. The maximum Gasteiger partial charge on any atom is 0.230 e. The van der Waals surface area contributed by atoms with E-state index < -0.39 is 0 Å². The highest BCUT2D eigenvalue weighted by Gasteiger charge is 2.26. The fourth-order valence-electron chi connectivity index (χ4n) is 2.98. The van der Waals surface area contributed by atoms with Gasteiger partial charge in [-0.25, -0.2) is 0 Å². The summed E-state index contributed by atoms with van der Waals surface area (Å²) in [4.78, 5) is 4.60. The number of hydrogen-bond donors (Lipinski definition) is 1. The minimum Gasteiger partial charge on any atom is -0.339 e. The van der Waals surface area contributed by atoms with Gasteiger partial charge in [0.15, 0.2) is 0 Å².